The van der Waals surface area contributed by atoms with E-state index in [0.717, 1.165) is 11.3 Å². The third-order valence-electron chi connectivity index (χ3n) is 4.76. The molecule has 6 heteroatoms. The number of nitriles is 1. The van der Waals surface area contributed by atoms with Gasteiger partial charge in [0.05, 0.1) is 17.2 Å². The van der Waals surface area contributed by atoms with E-state index in [2.05, 4.69) is 11.4 Å². The first kappa shape index (κ1) is 21.6. The van der Waals surface area contributed by atoms with E-state index < -0.39 is 5.97 Å². The summed E-state index contributed by atoms with van der Waals surface area (Å²) in [7, 11) is 3.92. The number of ether oxygens (including phenoxy) is 1. The van der Waals surface area contributed by atoms with Crippen LogP contribution in [0, 0.1) is 11.3 Å². The van der Waals surface area contributed by atoms with Gasteiger partial charge in [0.1, 0.15) is 0 Å². The van der Waals surface area contributed by atoms with Gasteiger partial charge in [-0.2, -0.15) is 5.26 Å². The summed E-state index contributed by atoms with van der Waals surface area (Å²) < 4.78 is 5.22. The van der Waals surface area contributed by atoms with E-state index in [4.69, 9.17) is 4.74 Å². The normalized spacial score (nSPS) is 10.1. The zero-order valence-electron chi connectivity index (χ0n) is 17.5. The summed E-state index contributed by atoms with van der Waals surface area (Å²) in [6, 6.07) is 23.9. The number of nitrogens with one attached hydrogen (secondary N) is 1. The lowest BCUT2D eigenvalue weighted by molar-refractivity contribution is -0.124. The van der Waals surface area contributed by atoms with E-state index in [-0.39, 0.29) is 12.5 Å². The second-order valence-corrected chi connectivity index (χ2v) is 7.12. The van der Waals surface area contributed by atoms with Crippen LogP contribution in [0.5, 0.6) is 0 Å². The Morgan fingerprint density at radius 3 is 2.26 bits per heavy atom. The second-order valence-electron chi connectivity index (χ2n) is 7.12. The lowest BCUT2D eigenvalue weighted by Crippen LogP contribution is -2.28. The van der Waals surface area contributed by atoms with Gasteiger partial charge in [-0.3, -0.25) is 4.79 Å². The summed E-state index contributed by atoms with van der Waals surface area (Å²) in [6.45, 7) is -0.0426. The Bertz CT molecular complexity index is 1120. The van der Waals surface area contributed by atoms with Crippen LogP contribution in [0.1, 0.15) is 21.5 Å². The average molecular weight is 413 g/mol. The van der Waals surface area contributed by atoms with Crippen molar-refractivity contribution in [1.82, 2.24) is 5.32 Å². The highest BCUT2D eigenvalue weighted by molar-refractivity contribution is 5.98. The molecular formula is C25H23N3O3. The number of carbonyl (C=O) groups excluding carboxylic acids is 2. The number of amides is 1. The molecule has 3 aromatic carbocycles. The molecule has 1 N–H and O–H groups in total. The fraction of sp³-hybridized carbons (Fsp3) is 0.160. The molecule has 3 rings (SSSR count). The Hall–Kier alpha value is -4.11. The van der Waals surface area contributed by atoms with Gasteiger partial charge < -0.3 is 15.0 Å². The van der Waals surface area contributed by atoms with Gasteiger partial charge in [0.25, 0.3) is 5.91 Å². The highest BCUT2D eigenvalue weighted by Gasteiger charge is 2.17. The van der Waals surface area contributed by atoms with Crippen LogP contribution in [0.2, 0.25) is 0 Å². The van der Waals surface area contributed by atoms with Crippen LogP contribution in [0.3, 0.4) is 0 Å². The van der Waals surface area contributed by atoms with Crippen LogP contribution in [0.15, 0.2) is 72.8 Å². The molecule has 0 heterocycles. The van der Waals surface area contributed by atoms with Crippen molar-refractivity contribution in [1.29, 1.82) is 5.26 Å². The van der Waals surface area contributed by atoms with Crippen molar-refractivity contribution in [2.45, 2.75) is 6.54 Å². The second kappa shape index (κ2) is 10.1. The molecule has 0 saturated heterocycles. The monoisotopic (exact) mass is 413 g/mol. The first-order chi connectivity index (χ1) is 15.0. The molecule has 0 bridgehead atoms. The molecule has 0 aromatic heterocycles. The van der Waals surface area contributed by atoms with E-state index in [1.54, 1.807) is 48.5 Å². The van der Waals surface area contributed by atoms with Gasteiger partial charge in [0, 0.05) is 31.9 Å². The quantitative estimate of drug-likeness (QED) is 0.597. The number of anilines is 1. The largest absolute Gasteiger partial charge is 0.452 e. The number of rotatable bonds is 7. The first-order valence-corrected chi connectivity index (χ1v) is 9.78. The standard InChI is InChI=1S/C25H23N3O3/c1-28(2)20-13-11-18(12-14-20)16-27-24(29)17-31-25(30)23-10-6-5-9-22(23)21-8-4-3-7-19(21)15-26/h3-14H,16-17H2,1-2H3,(H,27,29). The Labute approximate surface area is 181 Å². The Morgan fingerprint density at radius 2 is 1.58 bits per heavy atom. The molecule has 0 fully saturated rings. The molecule has 0 radical (unpaired) electrons. The summed E-state index contributed by atoms with van der Waals surface area (Å²) in [5.41, 5.74) is 4.01. The minimum Gasteiger partial charge on any atom is -0.452 e. The average Bonchev–Trinajstić information content (AvgIpc) is 2.81. The highest BCUT2D eigenvalue weighted by atomic mass is 16.5. The van der Waals surface area contributed by atoms with E-state index in [1.807, 2.05) is 43.3 Å². The van der Waals surface area contributed by atoms with Gasteiger partial charge >= 0.3 is 5.97 Å². The summed E-state index contributed by atoms with van der Waals surface area (Å²) in [4.78, 5) is 26.8. The van der Waals surface area contributed by atoms with E-state index >= 15 is 0 Å². The number of esters is 1. The topological polar surface area (TPSA) is 82.4 Å². The molecule has 0 saturated carbocycles. The molecule has 6 nitrogen and oxygen atoms in total. The number of carbonyl (C=O) groups is 2. The highest BCUT2D eigenvalue weighted by Crippen LogP contribution is 2.27. The number of hydrogen-bond acceptors (Lipinski definition) is 5. The Kier molecular flexibility index (Phi) is 7.02. The van der Waals surface area contributed by atoms with Gasteiger partial charge in [-0.25, -0.2) is 4.79 Å². The third kappa shape index (κ3) is 5.49. The summed E-state index contributed by atoms with van der Waals surface area (Å²) >= 11 is 0. The summed E-state index contributed by atoms with van der Waals surface area (Å²) in [5.74, 6) is -1.01. The van der Waals surface area contributed by atoms with Crippen molar-refractivity contribution in [3.63, 3.8) is 0 Å². The summed E-state index contributed by atoms with van der Waals surface area (Å²) in [5, 5.41) is 12.1. The van der Waals surface area contributed by atoms with E-state index in [1.165, 1.54) is 0 Å². The maximum absolute atomic E-state index is 12.6. The van der Waals surface area contributed by atoms with Crippen molar-refractivity contribution in [3.05, 3.63) is 89.5 Å². The van der Waals surface area contributed by atoms with Gasteiger partial charge in [-0.15, -0.1) is 0 Å². The zero-order valence-corrected chi connectivity index (χ0v) is 17.5. The zero-order chi connectivity index (χ0) is 22.2. The SMILES string of the molecule is CN(C)c1ccc(CNC(=O)COC(=O)c2ccccc2-c2ccccc2C#N)cc1. The number of hydrogen-bond donors (Lipinski definition) is 1. The molecular weight excluding hydrogens is 390 g/mol. The molecule has 0 spiro atoms. The van der Waals surface area contributed by atoms with Crippen molar-refractivity contribution in [2.75, 3.05) is 25.6 Å². The lowest BCUT2D eigenvalue weighted by atomic mass is 9.96. The minimum absolute atomic E-state index is 0.303. The smallest absolute Gasteiger partial charge is 0.339 e. The third-order valence-corrected chi connectivity index (χ3v) is 4.76. The lowest BCUT2D eigenvalue weighted by Gasteiger charge is -2.13. The van der Waals surface area contributed by atoms with Gasteiger partial charge in [0.2, 0.25) is 0 Å². The van der Waals surface area contributed by atoms with Crippen molar-refractivity contribution in [3.8, 4) is 17.2 Å². The van der Waals surface area contributed by atoms with Gasteiger partial charge in [0.15, 0.2) is 6.61 Å². The molecule has 156 valence electrons. The Morgan fingerprint density at radius 1 is 0.935 bits per heavy atom. The molecule has 0 aliphatic carbocycles. The predicted octanol–water partition coefficient (Wildman–Crippen LogP) is 3.76. The fourth-order valence-corrected chi connectivity index (χ4v) is 3.08. The van der Waals surface area contributed by atoms with Gasteiger partial charge in [-0.1, -0.05) is 48.5 Å². The molecule has 0 unspecified atom stereocenters. The van der Waals surface area contributed by atoms with Crippen LogP contribution >= 0.6 is 0 Å². The van der Waals surface area contributed by atoms with Gasteiger partial charge in [-0.05, 0) is 35.4 Å². The maximum atomic E-state index is 12.6. The first-order valence-electron chi connectivity index (χ1n) is 9.78. The van der Waals surface area contributed by atoms with E-state index in [9.17, 15) is 14.9 Å². The van der Waals surface area contributed by atoms with Crippen LogP contribution in [-0.2, 0) is 16.1 Å². The van der Waals surface area contributed by atoms with Crippen molar-refractivity contribution >= 4 is 17.6 Å². The molecule has 0 atom stereocenters. The maximum Gasteiger partial charge on any atom is 0.339 e. The van der Waals surface area contributed by atoms with Crippen LogP contribution in [0.25, 0.3) is 11.1 Å². The molecule has 3 aromatic rings. The molecule has 1 amide bonds. The fourth-order valence-electron chi connectivity index (χ4n) is 3.08. The van der Waals surface area contributed by atoms with E-state index in [0.29, 0.717) is 28.8 Å². The number of nitrogens with zero attached hydrogens (tertiary/aromatic N) is 2. The van der Waals surface area contributed by atoms with Crippen molar-refractivity contribution < 1.29 is 14.3 Å². The van der Waals surface area contributed by atoms with Crippen LogP contribution in [-0.4, -0.2) is 32.6 Å². The minimum atomic E-state index is -0.617. The summed E-state index contributed by atoms with van der Waals surface area (Å²) in [6.07, 6.45) is 0. The molecule has 31 heavy (non-hydrogen) atoms. The number of benzene rings is 3. The van der Waals surface area contributed by atoms with Crippen molar-refractivity contribution in [2.24, 2.45) is 0 Å². The molecule has 0 aliphatic rings. The van der Waals surface area contributed by atoms with Crippen LogP contribution < -0.4 is 10.2 Å². The predicted molar refractivity (Wildman–Crippen MR) is 119 cm³/mol. The Balaban J connectivity index is 1.61. The molecule has 0 aliphatic heterocycles. The van der Waals surface area contributed by atoms with Crippen LogP contribution in [0.4, 0.5) is 5.69 Å².